The van der Waals surface area contributed by atoms with Crippen LogP contribution in [0.5, 0.6) is 0 Å². The van der Waals surface area contributed by atoms with Gasteiger partial charge in [0.25, 0.3) is 5.91 Å². The highest BCUT2D eigenvalue weighted by atomic mass is 19.1. The van der Waals surface area contributed by atoms with E-state index in [2.05, 4.69) is 5.32 Å². The number of nitrogens with one attached hydrogen (secondary N) is 1. The van der Waals surface area contributed by atoms with Gasteiger partial charge in [0.1, 0.15) is 5.82 Å². The summed E-state index contributed by atoms with van der Waals surface area (Å²) in [6.07, 6.45) is 3.88. The molecule has 0 atom stereocenters. The Kier molecular flexibility index (Phi) is 6.50. The van der Waals surface area contributed by atoms with E-state index in [0.717, 1.165) is 11.1 Å². The smallest absolute Gasteiger partial charge is 0.254 e. The van der Waals surface area contributed by atoms with Gasteiger partial charge in [0.05, 0.1) is 5.57 Å². The topological polar surface area (TPSA) is 49.4 Å². The average Bonchev–Trinajstić information content (AvgIpc) is 2.47. The van der Waals surface area contributed by atoms with Crippen LogP contribution in [-0.2, 0) is 16.1 Å². The van der Waals surface area contributed by atoms with Crippen molar-refractivity contribution in [2.45, 2.75) is 20.4 Å². The maximum Gasteiger partial charge on any atom is 0.254 e. The predicted molar refractivity (Wildman–Crippen MR) is 84.6 cm³/mol. The number of amides is 1. The number of carbonyl (C=O) groups excluding carboxylic acids is 2. The Morgan fingerprint density at radius 3 is 2.64 bits per heavy atom. The van der Waals surface area contributed by atoms with Crippen LogP contribution in [0.3, 0.4) is 0 Å². The first kappa shape index (κ1) is 17.6. The van der Waals surface area contributed by atoms with Gasteiger partial charge in [-0.1, -0.05) is 12.1 Å². The van der Waals surface area contributed by atoms with Crippen LogP contribution in [0.15, 0.2) is 41.6 Å². The molecule has 0 saturated heterocycles. The number of aldehydes is 1. The number of rotatable bonds is 6. The summed E-state index contributed by atoms with van der Waals surface area (Å²) in [6.45, 7) is 4.13. The van der Waals surface area contributed by atoms with Crippen molar-refractivity contribution in [3.63, 3.8) is 0 Å². The number of carbonyl (C=O) groups is 2. The van der Waals surface area contributed by atoms with E-state index in [4.69, 9.17) is 0 Å². The summed E-state index contributed by atoms with van der Waals surface area (Å²) in [5.41, 5.74) is 2.43. The van der Waals surface area contributed by atoms with Crippen LogP contribution in [0.4, 0.5) is 4.39 Å². The van der Waals surface area contributed by atoms with Gasteiger partial charge in [-0.25, -0.2) is 4.39 Å². The molecule has 1 aromatic rings. The molecule has 5 heteroatoms. The summed E-state index contributed by atoms with van der Waals surface area (Å²) in [5.74, 6) is -0.637. The molecule has 0 unspecified atom stereocenters. The zero-order valence-electron chi connectivity index (χ0n) is 13.3. The minimum absolute atomic E-state index is 0.0716. The molecule has 0 aromatic heterocycles. The fourth-order valence-electron chi connectivity index (χ4n) is 2.07. The van der Waals surface area contributed by atoms with Gasteiger partial charge in [-0.05, 0) is 42.7 Å². The SMILES string of the molecule is CNC(=O)/C(C=O)=C/C(C)=C\N(C)Cc1ccc(F)c(C)c1. The number of nitrogens with zero attached hydrogens (tertiary/aromatic N) is 1. The fraction of sp³-hybridized carbons (Fsp3) is 0.294. The molecule has 4 nitrogen and oxygen atoms in total. The van der Waals surface area contributed by atoms with Crippen LogP contribution in [0, 0.1) is 12.7 Å². The highest BCUT2D eigenvalue weighted by Gasteiger charge is 2.06. The Bertz CT molecular complexity index is 621. The molecule has 0 radical (unpaired) electrons. The number of allylic oxidation sites excluding steroid dienone is 2. The lowest BCUT2D eigenvalue weighted by atomic mass is 10.1. The summed E-state index contributed by atoms with van der Waals surface area (Å²) < 4.78 is 13.2. The molecule has 1 amide bonds. The molecule has 22 heavy (non-hydrogen) atoms. The van der Waals surface area contributed by atoms with Crippen molar-refractivity contribution < 1.29 is 14.0 Å². The van der Waals surface area contributed by atoms with E-state index >= 15 is 0 Å². The first-order valence-corrected chi connectivity index (χ1v) is 6.90. The van der Waals surface area contributed by atoms with Crippen molar-refractivity contribution in [2.24, 2.45) is 0 Å². The zero-order chi connectivity index (χ0) is 16.7. The molecule has 1 rings (SSSR count). The van der Waals surface area contributed by atoms with Crippen LogP contribution in [0.1, 0.15) is 18.1 Å². The van der Waals surface area contributed by atoms with E-state index in [1.165, 1.54) is 19.2 Å². The molecule has 0 bridgehead atoms. The summed E-state index contributed by atoms with van der Waals surface area (Å²) >= 11 is 0. The lowest BCUT2D eigenvalue weighted by molar-refractivity contribution is -0.118. The van der Waals surface area contributed by atoms with Gasteiger partial charge in [0.15, 0.2) is 6.29 Å². The lowest BCUT2D eigenvalue weighted by Crippen LogP contribution is -2.21. The highest BCUT2D eigenvalue weighted by Crippen LogP contribution is 2.12. The first-order chi connectivity index (χ1) is 10.4. The molecule has 0 aliphatic carbocycles. The van der Waals surface area contributed by atoms with E-state index in [-0.39, 0.29) is 11.4 Å². The molecule has 118 valence electrons. The van der Waals surface area contributed by atoms with Crippen molar-refractivity contribution >= 4 is 12.2 Å². The lowest BCUT2D eigenvalue weighted by Gasteiger charge is -2.15. The minimum Gasteiger partial charge on any atom is -0.376 e. The Labute approximate surface area is 130 Å². The normalized spacial score (nSPS) is 12.0. The summed E-state index contributed by atoms with van der Waals surface area (Å²) in [4.78, 5) is 24.2. The van der Waals surface area contributed by atoms with Crippen molar-refractivity contribution in [3.05, 3.63) is 58.6 Å². The second kappa shape index (κ2) is 8.12. The Balaban J connectivity index is 2.82. The summed E-state index contributed by atoms with van der Waals surface area (Å²) in [6, 6.07) is 4.98. The number of halogens is 1. The third-order valence-electron chi connectivity index (χ3n) is 3.08. The Morgan fingerprint density at radius 1 is 1.41 bits per heavy atom. The standard InChI is InChI=1S/C17H21FN2O2/c1-12(7-15(11-21)17(22)19-3)9-20(4)10-14-5-6-16(18)13(2)8-14/h5-9,11H,10H2,1-4H3,(H,19,22)/b12-9-,15-7+. The highest BCUT2D eigenvalue weighted by molar-refractivity contribution is 6.10. The molecule has 0 fully saturated rings. The van der Waals surface area contributed by atoms with E-state index in [1.54, 1.807) is 26.0 Å². The van der Waals surface area contributed by atoms with Gasteiger partial charge in [-0.3, -0.25) is 9.59 Å². The van der Waals surface area contributed by atoms with Crippen molar-refractivity contribution in [1.82, 2.24) is 10.2 Å². The molecule has 0 aliphatic heterocycles. The van der Waals surface area contributed by atoms with Crippen LogP contribution >= 0.6 is 0 Å². The van der Waals surface area contributed by atoms with Gasteiger partial charge in [0, 0.05) is 26.8 Å². The monoisotopic (exact) mass is 304 g/mol. The molecular formula is C17H21FN2O2. The number of likely N-dealkylation sites (N-methyl/N-ethyl adjacent to an activating group) is 1. The van der Waals surface area contributed by atoms with Gasteiger partial charge < -0.3 is 10.2 Å². The fourth-order valence-corrected chi connectivity index (χ4v) is 2.07. The summed E-state index contributed by atoms with van der Waals surface area (Å²) in [7, 11) is 3.35. The van der Waals surface area contributed by atoms with Crippen LogP contribution in [-0.4, -0.2) is 31.2 Å². The van der Waals surface area contributed by atoms with Gasteiger partial charge in [-0.2, -0.15) is 0 Å². The van der Waals surface area contributed by atoms with Crippen LogP contribution < -0.4 is 5.32 Å². The maximum absolute atomic E-state index is 13.2. The second-order valence-corrected chi connectivity index (χ2v) is 5.17. The number of hydrogen-bond acceptors (Lipinski definition) is 3. The van der Waals surface area contributed by atoms with Crippen LogP contribution in [0.25, 0.3) is 0 Å². The number of hydrogen-bond donors (Lipinski definition) is 1. The van der Waals surface area contributed by atoms with Gasteiger partial charge >= 0.3 is 0 Å². The zero-order valence-corrected chi connectivity index (χ0v) is 13.3. The largest absolute Gasteiger partial charge is 0.376 e. The maximum atomic E-state index is 13.2. The van der Waals surface area contributed by atoms with Crippen molar-refractivity contribution in [1.29, 1.82) is 0 Å². The Morgan fingerprint density at radius 2 is 2.09 bits per heavy atom. The van der Waals surface area contributed by atoms with E-state index in [1.807, 2.05) is 18.1 Å². The van der Waals surface area contributed by atoms with E-state index < -0.39 is 5.91 Å². The van der Waals surface area contributed by atoms with Crippen molar-refractivity contribution in [3.8, 4) is 0 Å². The molecule has 1 N–H and O–H groups in total. The molecule has 0 heterocycles. The minimum atomic E-state index is -0.417. The predicted octanol–water partition coefficient (Wildman–Crippen LogP) is 2.34. The van der Waals surface area contributed by atoms with E-state index in [9.17, 15) is 14.0 Å². The van der Waals surface area contributed by atoms with Gasteiger partial charge in [-0.15, -0.1) is 0 Å². The average molecular weight is 304 g/mol. The second-order valence-electron chi connectivity index (χ2n) is 5.17. The van der Waals surface area contributed by atoms with Gasteiger partial charge in [0.2, 0.25) is 0 Å². The first-order valence-electron chi connectivity index (χ1n) is 6.90. The quantitative estimate of drug-likeness (QED) is 0.288. The van der Waals surface area contributed by atoms with E-state index in [0.29, 0.717) is 18.4 Å². The third kappa shape index (κ3) is 5.16. The number of aryl methyl sites for hydroxylation is 1. The molecular weight excluding hydrogens is 283 g/mol. The van der Waals surface area contributed by atoms with Crippen LogP contribution in [0.2, 0.25) is 0 Å². The molecule has 1 aromatic carbocycles. The third-order valence-corrected chi connectivity index (χ3v) is 3.08. The Hall–Kier alpha value is -2.43. The molecule has 0 saturated carbocycles. The number of benzene rings is 1. The molecule has 0 spiro atoms. The van der Waals surface area contributed by atoms with Crippen molar-refractivity contribution in [2.75, 3.05) is 14.1 Å². The molecule has 0 aliphatic rings. The summed E-state index contributed by atoms with van der Waals surface area (Å²) in [5, 5.41) is 2.41.